The van der Waals surface area contributed by atoms with Crippen molar-refractivity contribution in [2.24, 2.45) is 5.73 Å². The molecule has 7 heteroatoms. The van der Waals surface area contributed by atoms with Crippen LogP contribution in [0, 0.1) is 0 Å². The number of hydrogen-bond donors (Lipinski definition) is 2. The normalized spacial score (nSPS) is 15.9. The molecule has 0 saturated carbocycles. The number of nitrogens with two attached hydrogens (primary N) is 1. The van der Waals surface area contributed by atoms with Gasteiger partial charge in [-0.2, -0.15) is 0 Å². The Morgan fingerprint density at radius 3 is 2.43 bits per heavy atom. The molecule has 1 saturated heterocycles. The molecule has 0 spiro atoms. The van der Waals surface area contributed by atoms with E-state index in [0.29, 0.717) is 23.7 Å². The number of primary amides is 1. The van der Waals surface area contributed by atoms with Crippen LogP contribution in [0.5, 0.6) is 0 Å². The summed E-state index contributed by atoms with van der Waals surface area (Å²) in [6, 6.07) is 14.4. The minimum atomic E-state index is -0.371. The molecule has 1 unspecified atom stereocenters. The Morgan fingerprint density at radius 1 is 1.11 bits per heavy atom. The van der Waals surface area contributed by atoms with Crippen LogP contribution in [0.4, 0.5) is 4.79 Å². The molecule has 0 radical (unpaired) electrons. The largest absolute Gasteiger partial charge is 0.351 e. The molecule has 0 bridgehead atoms. The molecule has 6 nitrogen and oxygen atoms in total. The van der Waals surface area contributed by atoms with E-state index in [-0.39, 0.29) is 18.0 Å². The van der Waals surface area contributed by atoms with E-state index in [1.807, 2.05) is 43.3 Å². The summed E-state index contributed by atoms with van der Waals surface area (Å²) >= 11 is 6.23. The predicted molar refractivity (Wildman–Crippen MR) is 110 cm³/mol. The molecule has 1 aliphatic rings. The fourth-order valence-electron chi connectivity index (χ4n) is 3.43. The molecule has 0 aliphatic carbocycles. The number of benzene rings is 2. The summed E-state index contributed by atoms with van der Waals surface area (Å²) < 4.78 is 0. The third kappa shape index (κ3) is 5.03. The van der Waals surface area contributed by atoms with Crippen LogP contribution < -0.4 is 11.1 Å². The standard InChI is InChI=1S/C21H25ClN4O2/c1-15(24-20(27)16-5-3-2-4-6-16)19-13-18(22)8-7-17(19)14-25-9-11-26(12-10-25)21(23)28/h2-8,13,15H,9-12,14H2,1H3,(H2,23,28)(H,24,27). The quantitative estimate of drug-likeness (QED) is 0.809. The first-order chi connectivity index (χ1) is 13.4. The van der Waals surface area contributed by atoms with Crippen molar-refractivity contribution in [3.8, 4) is 0 Å². The zero-order valence-corrected chi connectivity index (χ0v) is 16.7. The van der Waals surface area contributed by atoms with Crippen LogP contribution in [0.2, 0.25) is 5.02 Å². The number of amides is 3. The van der Waals surface area contributed by atoms with Crippen LogP contribution in [0.25, 0.3) is 0 Å². The average Bonchev–Trinajstić information content (AvgIpc) is 2.70. The van der Waals surface area contributed by atoms with Gasteiger partial charge in [-0.1, -0.05) is 35.9 Å². The number of rotatable bonds is 5. The topological polar surface area (TPSA) is 78.7 Å². The molecular formula is C21H25ClN4O2. The van der Waals surface area contributed by atoms with E-state index >= 15 is 0 Å². The van der Waals surface area contributed by atoms with E-state index in [1.54, 1.807) is 17.0 Å². The van der Waals surface area contributed by atoms with Gasteiger partial charge in [0.25, 0.3) is 5.91 Å². The van der Waals surface area contributed by atoms with Crippen molar-refractivity contribution < 1.29 is 9.59 Å². The molecule has 3 amide bonds. The Kier molecular flexibility index (Phi) is 6.54. The third-order valence-electron chi connectivity index (χ3n) is 5.04. The van der Waals surface area contributed by atoms with Crippen molar-refractivity contribution >= 4 is 23.5 Å². The fourth-order valence-corrected chi connectivity index (χ4v) is 3.61. The maximum absolute atomic E-state index is 12.5. The van der Waals surface area contributed by atoms with Crippen molar-refractivity contribution in [1.29, 1.82) is 0 Å². The lowest BCUT2D eigenvalue weighted by Gasteiger charge is -2.34. The Morgan fingerprint density at radius 2 is 1.79 bits per heavy atom. The third-order valence-corrected chi connectivity index (χ3v) is 5.27. The average molecular weight is 401 g/mol. The van der Waals surface area contributed by atoms with Gasteiger partial charge in [-0.15, -0.1) is 0 Å². The van der Waals surface area contributed by atoms with E-state index in [1.165, 1.54) is 0 Å². The van der Waals surface area contributed by atoms with Crippen LogP contribution in [0.3, 0.4) is 0 Å². The van der Waals surface area contributed by atoms with Crippen LogP contribution in [-0.4, -0.2) is 47.9 Å². The molecule has 28 heavy (non-hydrogen) atoms. The number of carbonyl (C=O) groups is 2. The summed E-state index contributed by atoms with van der Waals surface area (Å²) in [4.78, 5) is 27.7. The Bertz CT molecular complexity index is 836. The highest BCUT2D eigenvalue weighted by atomic mass is 35.5. The number of urea groups is 1. The molecular weight excluding hydrogens is 376 g/mol. The van der Waals surface area contributed by atoms with Gasteiger partial charge in [-0.3, -0.25) is 9.69 Å². The smallest absolute Gasteiger partial charge is 0.314 e. The first-order valence-corrected chi connectivity index (χ1v) is 9.73. The highest BCUT2D eigenvalue weighted by Gasteiger charge is 2.21. The maximum Gasteiger partial charge on any atom is 0.314 e. The Hall–Kier alpha value is -2.57. The summed E-state index contributed by atoms with van der Waals surface area (Å²) in [5.74, 6) is -0.117. The fraction of sp³-hybridized carbons (Fsp3) is 0.333. The molecule has 0 aromatic heterocycles. The molecule has 3 N–H and O–H groups in total. The monoisotopic (exact) mass is 400 g/mol. The minimum absolute atomic E-state index is 0.117. The second-order valence-corrected chi connectivity index (χ2v) is 7.44. The second-order valence-electron chi connectivity index (χ2n) is 7.01. The molecule has 2 aromatic rings. The van der Waals surface area contributed by atoms with Crippen molar-refractivity contribution in [2.75, 3.05) is 26.2 Å². The second kappa shape index (κ2) is 9.08. The summed E-state index contributed by atoms with van der Waals surface area (Å²) in [6.45, 7) is 5.45. The van der Waals surface area contributed by atoms with Gasteiger partial charge in [0.2, 0.25) is 0 Å². The zero-order chi connectivity index (χ0) is 20.1. The molecule has 1 fully saturated rings. The van der Waals surface area contributed by atoms with E-state index in [4.69, 9.17) is 17.3 Å². The lowest BCUT2D eigenvalue weighted by molar-refractivity contribution is 0.0939. The lowest BCUT2D eigenvalue weighted by atomic mass is 10.00. The highest BCUT2D eigenvalue weighted by molar-refractivity contribution is 6.30. The van der Waals surface area contributed by atoms with Crippen molar-refractivity contribution in [2.45, 2.75) is 19.5 Å². The summed E-state index contributed by atoms with van der Waals surface area (Å²) in [6.07, 6.45) is 0. The van der Waals surface area contributed by atoms with Gasteiger partial charge in [0.1, 0.15) is 0 Å². The highest BCUT2D eigenvalue weighted by Crippen LogP contribution is 2.24. The summed E-state index contributed by atoms with van der Waals surface area (Å²) in [5, 5.41) is 3.69. The first-order valence-electron chi connectivity index (χ1n) is 9.35. The molecule has 1 heterocycles. The van der Waals surface area contributed by atoms with Gasteiger partial charge in [0.05, 0.1) is 6.04 Å². The first kappa shape index (κ1) is 20.2. The van der Waals surface area contributed by atoms with Gasteiger partial charge in [-0.05, 0) is 42.3 Å². The van der Waals surface area contributed by atoms with E-state index in [2.05, 4.69) is 10.2 Å². The van der Waals surface area contributed by atoms with Crippen LogP contribution in [0.1, 0.15) is 34.5 Å². The zero-order valence-electron chi connectivity index (χ0n) is 15.9. The van der Waals surface area contributed by atoms with Crippen LogP contribution in [0.15, 0.2) is 48.5 Å². The van der Waals surface area contributed by atoms with Crippen molar-refractivity contribution in [3.63, 3.8) is 0 Å². The van der Waals surface area contributed by atoms with Crippen LogP contribution in [-0.2, 0) is 6.54 Å². The number of nitrogens with one attached hydrogen (secondary N) is 1. The molecule has 3 rings (SSSR count). The van der Waals surface area contributed by atoms with Crippen molar-refractivity contribution in [3.05, 3.63) is 70.2 Å². The summed E-state index contributed by atoms with van der Waals surface area (Å²) in [7, 11) is 0. The summed E-state index contributed by atoms with van der Waals surface area (Å²) in [5.41, 5.74) is 8.08. The molecule has 1 aliphatic heterocycles. The lowest BCUT2D eigenvalue weighted by Crippen LogP contribution is -2.50. The van der Waals surface area contributed by atoms with Gasteiger partial charge in [0, 0.05) is 43.3 Å². The van der Waals surface area contributed by atoms with Gasteiger partial charge in [0.15, 0.2) is 0 Å². The van der Waals surface area contributed by atoms with E-state index in [0.717, 1.165) is 30.8 Å². The number of carbonyl (C=O) groups excluding carboxylic acids is 2. The molecule has 1 atom stereocenters. The van der Waals surface area contributed by atoms with E-state index in [9.17, 15) is 9.59 Å². The van der Waals surface area contributed by atoms with Gasteiger partial charge in [-0.25, -0.2) is 4.79 Å². The maximum atomic E-state index is 12.5. The van der Waals surface area contributed by atoms with E-state index < -0.39 is 0 Å². The number of piperazine rings is 1. The SMILES string of the molecule is CC(NC(=O)c1ccccc1)c1cc(Cl)ccc1CN1CCN(C(N)=O)CC1. The minimum Gasteiger partial charge on any atom is -0.351 e. The molecule has 148 valence electrons. The number of nitrogens with zero attached hydrogens (tertiary/aromatic N) is 2. The Labute approximate surface area is 170 Å². The number of hydrogen-bond acceptors (Lipinski definition) is 3. The van der Waals surface area contributed by atoms with Gasteiger partial charge < -0.3 is 16.0 Å². The Balaban J connectivity index is 1.70. The molecule has 2 aromatic carbocycles. The van der Waals surface area contributed by atoms with Crippen molar-refractivity contribution in [1.82, 2.24) is 15.1 Å². The van der Waals surface area contributed by atoms with Crippen LogP contribution >= 0.6 is 11.6 Å². The predicted octanol–water partition coefficient (Wildman–Crippen LogP) is 3.03. The number of halogens is 1. The van der Waals surface area contributed by atoms with Gasteiger partial charge >= 0.3 is 6.03 Å².